The third kappa shape index (κ3) is 1.76. The molecule has 2 heterocycles. The van der Waals surface area contributed by atoms with Crippen LogP contribution in [0.1, 0.15) is 0 Å². The largest absolute Gasteiger partial charge is 0.496 e. The van der Waals surface area contributed by atoms with Crippen molar-refractivity contribution in [2.75, 3.05) is 7.11 Å². The molecule has 0 aliphatic rings. The molecule has 0 saturated carbocycles. The summed E-state index contributed by atoms with van der Waals surface area (Å²) >= 11 is 3.39. The minimum atomic E-state index is 0.789. The SMILES string of the molecule is COc1cccc2c(-n3cc(Br)cn3)nccc12. The third-order valence-electron chi connectivity index (χ3n) is 2.73. The molecule has 0 fully saturated rings. The van der Waals surface area contributed by atoms with Crippen LogP contribution in [0.15, 0.2) is 47.3 Å². The predicted octanol–water partition coefficient (Wildman–Crippen LogP) is 3.19. The summed E-state index contributed by atoms with van der Waals surface area (Å²) in [6.45, 7) is 0. The summed E-state index contributed by atoms with van der Waals surface area (Å²) in [4.78, 5) is 4.39. The van der Waals surface area contributed by atoms with Crippen molar-refractivity contribution >= 4 is 26.7 Å². The first-order valence-corrected chi connectivity index (χ1v) is 6.21. The van der Waals surface area contributed by atoms with Gasteiger partial charge in [0, 0.05) is 23.2 Å². The van der Waals surface area contributed by atoms with Crippen molar-refractivity contribution < 1.29 is 4.74 Å². The fourth-order valence-electron chi connectivity index (χ4n) is 1.94. The van der Waals surface area contributed by atoms with Gasteiger partial charge in [0.25, 0.3) is 0 Å². The third-order valence-corrected chi connectivity index (χ3v) is 3.14. The molecule has 0 radical (unpaired) electrons. The number of pyridine rings is 1. The van der Waals surface area contributed by atoms with Crippen molar-refractivity contribution in [3.05, 3.63) is 47.3 Å². The van der Waals surface area contributed by atoms with E-state index >= 15 is 0 Å². The van der Waals surface area contributed by atoms with Gasteiger partial charge < -0.3 is 4.74 Å². The molecule has 18 heavy (non-hydrogen) atoms. The second-order valence-electron chi connectivity index (χ2n) is 3.79. The molecule has 3 rings (SSSR count). The molecule has 0 atom stereocenters. The fraction of sp³-hybridized carbons (Fsp3) is 0.0769. The zero-order valence-electron chi connectivity index (χ0n) is 9.67. The molecule has 4 nitrogen and oxygen atoms in total. The summed E-state index contributed by atoms with van der Waals surface area (Å²) in [5.41, 5.74) is 0. The average Bonchev–Trinajstić information content (AvgIpc) is 2.84. The van der Waals surface area contributed by atoms with Crippen molar-refractivity contribution in [1.29, 1.82) is 0 Å². The van der Waals surface area contributed by atoms with Crippen LogP contribution in [-0.4, -0.2) is 21.9 Å². The van der Waals surface area contributed by atoms with E-state index in [1.54, 1.807) is 24.2 Å². The lowest BCUT2D eigenvalue weighted by Crippen LogP contribution is -1.99. The number of aromatic nitrogens is 3. The molecule has 0 amide bonds. The topological polar surface area (TPSA) is 39.9 Å². The summed E-state index contributed by atoms with van der Waals surface area (Å²) in [6, 6.07) is 7.84. The highest BCUT2D eigenvalue weighted by Gasteiger charge is 2.08. The molecule has 0 saturated heterocycles. The lowest BCUT2D eigenvalue weighted by atomic mass is 10.1. The molecule has 0 unspecified atom stereocenters. The molecule has 0 bridgehead atoms. The van der Waals surface area contributed by atoms with Gasteiger partial charge in [-0.2, -0.15) is 5.10 Å². The highest BCUT2D eigenvalue weighted by atomic mass is 79.9. The van der Waals surface area contributed by atoms with Crippen molar-refractivity contribution in [1.82, 2.24) is 14.8 Å². The van der Waals surface area contributed by atoms with Crippen molar-refractivity contribution in [3.63, 3.8) is 0 Å². The lowest BCUT2D eigenvalue weighted by Gasteiger charge is -2.08. The molecular formula is C13H10BrN3O. The van der Waals surface area contributed by atoms with E-state index in [-0.39, 0.29) is 0 Å². The second-order valence-corrected chi connectivity index (χ2v) is 4.71. The van der Waals surface area contributed by atoms with Gasteiger partial charge in [0.05, 0.1) is 17.8 Å². The molecule has 2 aromatic heterocycles. The van der Waals surface area contributed by atoms with E-state index in [9.17, 15) is 0 Å². The van der Waals surface area contributed by atoms with Crippen LogP contribution in [0.3, 0.4) is 0 Å². The van der Waals surface area contributed by atoms with Gasteiger partial charge in [-0.05, 0) is 28.1 Å². The van der Waals surface area contributed by atoms with E-state index in [1.165, 1.54) is 0 Å². The average molecular weight is 304 g/mol. The molecule has 1 aromatic carbocycles. The van der Waals surface area contributed by atoms with Crippen molar-refractivity contribution in [2.24, 2.45) is 0 Å². The van der Waals surface area contributed by atoms with E-state index in [0.717, 1.165) is 26.8 Å². The van der Waals surface area contributed by atoms with Crippen LogP contribution in [0.5, 0.6) is 5.75 Å². The molecule has 3 aromatic rings. The van der Waals surface area contributed by atoms with Gasteiger partial charge in [-0.1, -0.05) is 12.1 Å². The monoisotopic (exact) mass is 303 g/mol. The second kappa shape index (κ2) is 4.42. The van der Waals surface area contributed by atoms with Gasteiger partial charge >= 0.3 is 0 Å². The highest BCUT2D eigenvalue weighted by molar-refractivity contribution is 9.10. The minimum absolute atomic E-state index is 0.789. The standard InChI is InChI=1S/C13H10BrN3O/c1-18-12-4-2-3-11-10(12)5-6-15-13(11)17-8-9(14)7-16-17/h2-8H,1H3. The Balaban J connectivity index is 2.30. The number of methoxy groups -OCH3 is 1. The first-order chi connectivity index (χ1) is 8.79. The Labute approximate surface area is 112 Å². The Morgan fingerprint density at radius 2 is 2.11 bits per heavy atom. The number of nitrogens with zero attached hydrogens (tertiary/aromatic N) is 3. The maximum absolute atomic E-state index is 5.36. The molecular weight excluding hydrogens is 294 g/mol. The Morgan fingerprint density at radius 3 is 2.83 bits per heavy atom. The van der Waals surface area contributed by atoms with E-state index in [0.29, 0.717) is 0 Å². The van der Waals surface area contributed by atoms with Crippen molar-refractivity contribution in [3.8, 4) is 11.6 Å². The van der Waals surface area contributed by atoms with E-state index in [2.05, 4.69) is 26.0 Å². The smallest absolute Gasteiger partial charge is 0.161 e. The van der Waals surface area contributed by atoms with Crippen LogP contribution < -0.4 is 4.74 Å². The minimum Gasteiger partial charge on any atom is -0.496 e. The van der Waals surface area contributed by atoms with Crippen LogP contribution in [0.25, 0.3) is 16.6 Å². The molecule has 5 heteroatoms. The van der Waals surface area contributed by atoms with Gasteiger partial charge in [0.1, 0.15) is 5.75 Å². The Bertz CT molecular complexity index is 708. The van der Waals surface area contributed by atoms with E-state index in [4.69, 9.17) is 4.74 Å². The van der Waals surface area contributed by atoms with Crippen LogP contribution in [0, 0.1) is 0 Å². The number of benzene rings is 1. The van der Waals surface area contributed by atoms with Gasteiger partial charge in [-0.25, -0.2) is 9.67 Å². The summed E-state index contributed by atoms with van der Waals surface area (Å²) < 4.78 is 8.02. The summed E-state index contributed by atoms with van der Waals surface area (Å²) in [7, 11) is 1.67. The summed E-state index contributed by atoms with van der Waals surface area (Å²) in [5, 5.41) is 6.29. The zero-order chi connectivity index (χ0) is 12.5. The van der Waals surface area contributed by atoms with Gasteiger partial charge in [0.2, 0.25) is 0 Å². The van der Waals surface area contributed by atoms with Crippen LogP contribution in [-0.2, 0) is 0 Å². The summed E-state index contributed by atoms with van der Waals surface area (Å²) in [5.74, 6) is 1.62. The number of fused-ring (bicyclic) bond motifs is 1. The molecule has 0 N–H and O–H groups in total. The quantitative estimate of drug-likeness (QED) is 0.730. The van der Waals surface area contributed by atoms with Crippen molar-refractivity contribution in [2.45, 2.75) is 0 Å². The maximum Gasteiger partial charge on any atom is 0.161 e. The first kappa shape index (κ1) is 11.2. The van der Waals surface area contributed by atoms with Crippen LogP contribution in [0.2, 0.25) is 0 Å². The molecule has 0 aliphatic heterocycles. The number of halogens is 1. The molecule has 0 aliphatic carbocycles. The summed E-state index contributed by atoms with van der Waals surface area (Å²) in [6.07, 6.45) is 5.37. The van der Waals surface area contributed by atoms with E-state index in [1.807, 2.05) is 30.5 Å². The maximum atomic E-state index is 5.36. The Hall–Kier alpha value is -1.88. The van der Waals surface area contributed by atoms with Crippen LogP contribution >= 0.6 is 15.9 Å². The van der Waals surface area contributed by atoms with Crippen LogP contribution in [0.4, 0.5) is 0 Å². The zero-order valence-corrected chi connectivity index (χ0v) is 11.3. The first-order valence-electron chi connectivity index (χ1n) is 5.42. The highest BCUT2D eigenvalue weighted by Crippen LogP contribution is 2.28. The Kier molecular flexibility index (Phi) is 2.76. The predicted molar refractivity (Wildman–Crippen MR) is 73.1 cm³/mol. The Morgan fingerprint density at radius 1 is 1.22 bits per heavy atom. The molecule has 0 spiro atoms. The fourth-order valence-corrected chi connectivity index (χ4v) is 2.23. The normalized spacial score (nSPS) is 10.8. The number of rotatable bonds is 2. The van der Waals surface area contributed by atoms with Gasteiger partial charge in [-0.3, -0.25) is 0 Å². The number of ether oxygens (including phenoxy) is 1. The van der Waals surface area contributed by atoms with Gasteiger partial charge in [-0.15, -0.1) is 0 Å². The molecule has 90 valence electrons. The number of hydrogen-bond acceptors (Lipinski definition) is 3. The number of hydrogen-bond donors (Lipinski definition) is 0. The van der Waals surface area contributed by atoms with E-state index < -0.39 is 0 Å². The lowest BCUT2D eigenvalue weighted by molar-refractivity contribution is 0.420. The van der Waals surface area contributed by atoms with Gasteiger partial charge in [0.15, 0.2) is 5.82 Å².